The first-order chi connectivity index (χ1) is 10.7. The second-order valence-corrected chi connectivity index (χ2v) is 6.79. The molecule has 1 N–H and O–H groups in total. The molecule has 1 amide bonds. The van der Waals surface area contributed by atoms with Crippen LogP contribution in [-0.4, -0.2) is 29.0 Å². The summed E-state index contributed by atoms with van der Waals surface area (Å²) in [5, 5.41) is 4.70. The number of thiazole rings is 1. The molecular weight excluding hydrogens is 316 g/mol. The molecule has 2 rings (SSSR count). The quantitative estimate of drug-likeness (QED) is 0.595. The SMILES string of the molecule is CCCNC(=O)Cc1csc(SCC(=O)c2ccccc2)n1. The summed E-state index contributed by atoms with van der Waals surface area (Å²) in [6.07, 6.45) is 1.22. The first-order valence-electron chi connectivity index (χ1n) is 7.11. The Balaban J connectivity index is 1.82. The number of carbonyl (C=O) groups is 2. The van der Waals surface area contributed by atoms with E-state index in [0.717, 1.165) is 16.5 Å². The molecule has 6 heteroatoms. The van der Waals surface area contributed by atoms with E-state index in [-0.39, 0.29) is 11.7 Å². The first-order valence-corrected chi connectivity index (χ1v) is 8.97. The number of thioether (sulfide) groups is 1. The Morgan fingerprint density at radius 2 is 2.05 bits per heavy atom. The molecule has 0 aliphatic rings. The fourth-order valence-electron chi connectivity index (χ4n) is 1.76. The number of rotatable bonds is 8. The third kappa shape index (κ3) is 5.27. The number of ketones is 1. The maximum atomic E-state index is 12.0. The predicted molar refractivity (Wildman–Crippen MR) is 90.6 cm³/mol. The minimum Gasteiger partial charge on any atom is -0.356 e. The van der Waals surface area contributed by atoms with E-state index in [9.17, 15) is 9.59 Å². The van der Waals surface area contributed by atoms with Gasteiger partial charge in [0.25, 0.3) is 0 Å². The second-order valence-electron chi connectivity index (χ2n) is 4.71. The topological polar surface area (TPSA) is 59.1 Å². The first kappa shape index (κ1) is 16.7. The van der Waals surface area contributed by atoms with E-state index in [1.165, 1.54) is 23.1 Å². The molecule has 116 valence electrons. The van der Waals surface area contributed by atoms with Crippen molar-refractivity contribution in [3.63, 3.8) is 0 Å². The summed E-state index contributed by atoms with van der Waals surface area (Å²) in [6, 6.07) is 9.23. The third-order valence-corrected chi connectivity index (χ3v) is 4.94. The van der Waals surface area contributed by atoms with E-state index >= 15 is 0 Å². The molecule has 0 radical (unpaired) electrons. The highest BCUT2D eigenvalue weighted by molar-refractivity contribution is 8.01. The molecule has 1 aromatic carbocycles. The second kappa shape index (κ2) is 8.70. The fourth-order valence-corrected chi connectivity index (χ4v) is 3.50. The Kier molecular flexibility index (Phi) is 6.61. The van der Waals surface area contributed by atoms with Crippen molar-refractivity contribution in [2.24, 2.45) is 0 Å². The Hall–Kier alpha value is -1.66. The van der Waals surface area contributed by atoms with E-state index < -0.39 is 0 Å². The summed E-state index contributed by atoms with van der Waals surface area (Å²) in [5.74, 6) is 0.436. The number of benzene rings is 1. The lowest BCUT2D eigenvalue weighted by atomic mass is 10.2. The Morgan fingerprint density at radius 3 is 2.77 bits per heavy atom. The zero-order chi connectivity index (χ0) is 15.8. The van der Waals surface area contributed by atoms with E-state index in [4.69, 9.17) is 0 Å². The number of carbonyl (C=O) groups excluding carboxylic acids is 2. The number of amides is 1. The van der Waals surface area contributed by atoms with Crippen LogP contribution in [0.25, 0.3) is 0 Å². The van der Waals surface area contributed by atoms with Crippen molar-refractivity contribution in [2.75, 3.05) is 12.3 Å². The zero-order valence-corrected chi connectivity index (χ0v) is 14.0. The summed E-state index contributed by atoms with van der Waals surface area (Å²) < 4.78 is 0.822. The monoisotopic (exact) mass is 334 g/mol. The number of Topliss-reactive ketones (excluding diaryl/α,β-unsaturated/α-hetero) is 1. The van der Waals surface area contributed by atoms with Gasteiger partial charge >= 0.3 is 0 Å². The molecule has 1 heterocycles. The van der Waals surface area contributed by atoms with E-state index in [2.05, 4.69) is 10.3 Å². The number of nitrogens with one attached hydrogen (secondary N) is 1. The highest BCUT2D eigenvalue weighted by atomic mass is 32.2. The highest BCUT2D eigenvalue weighted by Crippen LogP contribution is 2.23. The molecule has 0 aliphatic heterocycles. The van der Waals surface area contributed by atoms with Crippen molar-refractivity contribution in [1.29, 1.82) is 0 Å². The van der Waals surface area contributed by atoms with Crippen LogP contribution in [0.1, 0.15) is 29.4 Å². The highest BCUT2D eigenvalue weighted by Gasteiger charge is 2.10. The van der Waals surface area contributed by atoms with Crippen LogP contribution >= 0.6 is 23.1 Å². The average molecular weight is 334 g/mol. The van der Waals surface area contributed by atoms with Gasteiger partial charge in [-0.2, -0.15) is 0 Å². The number of hydrogen-bond donors (Lipinski definition) is 1. The van der Waals surface area contributed by atoms with Gasteiger partial charge in [-0.15, -0.1) is 11.3 Å². The van der Waals surface area contributed by atoms with Gasteiger partial charge in [0.05, 0.1) is 17.9 Å². The van der Waals surface area contributed by atoms with Crippen LogP contribution in [0.3, 0.4) is 0 Å². The van der Waals surface area contributed by atoms with Crippen LogP contribution in [0, 0.1) is 0 Å². The standard InChI is InChI=1S/C16H18N2O2S2/c1-2-8-17-15(20)9-13-10-21-16(18-13)22-11-14(19)12-6-4-3-5-7-12/h3-7,10H,2,8-9,11H2,1H3,(H,17,20). The van der Waals surface area contributed by atoms with Gasteiger partial charge in [0.2, 0.25) is 5.91 Å². The normalized spacial score (nSPS) is 10.4. The lowest BCUT2D eigenvalue weighted by Crippen LogP contribution is -2.25. The molecule has 0 fully saturated rings. The Labute approximate surface area is 138 Å². The van der Waals surface area contributed by atoms with Crippen LogP contribution < -0.4 is 5.32 Å². The van der Waals surface area contributed by atoms with Crippen molar-refractivity contribution in [3.05, 3.63) is 47.0 Å². The van der Waals surface area contributed by atoms with Crippen molar-refractivity contribution in [3.8, 4) is 0 Å². The molecule has 0 spiro atoms. The van der Waals surface area contributed by atoms with Crippen molar-refractivity contribution < 1.29 is 9.59 Å². The van der Waals surface area contributed by atoms with E-state index in [1.54, 1.807) is 0 Å². The maximum absolute atomic E-state index is 12.0. The lowest BCUT2D eigenvalue weighted by Gasteiger charge is -2.00. The average Bonchev–Trinajstić information content (AvgIpc) is 2.99. The van der Waals surface area contributed by atoms with Crippen molar-refractivity contribution >= 4 is 34.8 Å². The van der Waals surface area contributed by atoms with E-state index in [1.807, 2.05) is 42.6 Å². The largest absolute Gasteiger partial charge is 0.356 e. The van der Waals surface area contributed by atoms with Crippen molar-refractivity contribution in [2.45, 2.75) is 24.1 Å². The molecule has 2 aromatic rings. The van der Waals surface area contributed by atoms with Gasteiger partial charge in [0.15, 0.2) is 10.1 Å². The molecule has 0 saturated carbocycles. The molecule has 22 heavy (non-hydrogen) atoms. The minimum atomic E-state index is -0.0101. The zero-order valence-electron chi connectivity index (χ0n) is 12.4. The van der Waals surface area contributed by atoms with Gasteiger partial charge < -0.3 is 5.32 Å². The Morgan fingerprint density at radius 1 is 1.27 bits per heavy atom. The molecule has 1 aromatic heterocycles. The van der Waals surface area contributed by atoms with Crippen LogP contribution in [-0.2, 0) is 11.2 Å². The minimum absolute atomic E-state index is 0.0101. The number of hydrogen-bond acceptors (Lipinski definition) is 5. The summed E-state index contributed by atoms with van der Waals surface area (Å²) in [6.45, 7) is 2.71. The van der Waals surface area contributed by atoms with Crippen LogP contribution in [0.5, 0.6) is 0 Å². The van der Waals surface area contributed by atoms with Gasteiger partial charge in [-0.25, -0.2) is 4.98 Å². The predicted octanol–water partition coefficient (Wildman–Crippen LogP) is 3.19. The Bertz CT molecular complexity index is 626. The fraction of sp³-hybridized carbons (Fsp3) is 0.312. The lowest BCUT2D eigenvalue weighted by molar-refractivity contribution is -0.120. The molecule has 0 unspecified atom stereocenters. The summed E-state index contributed by atoms with van der Waals surface area (Å²) in [5.41, 5.74) is 1.47. The van der Waals surface area contributed by atoms with Gasteiger partial charge in [0.1, 0.15) is 0 Å². The van der Waals surface area contributed by atoms with Gasteiger partial charge in [-0.05, 0) is 6.42 Å². The van der Waals surface area contributed by atoms with E-state index in [0.29, 0.717) is 24.3 Å². The summed E-state index contributed by atoms with van der Waals surface area (Å²) >= 11 is 2.89. The summed E-state index contributed by atoms with van der Waals surface area (Å²) in [7, 11) is 0. The molecule has 4 nitrogen and oxygen atoms in total. The maximum Gasteiger partial charge on any atom is 0.226 e. The number of aromatic nitrogens is 1. The molecule has 0 aliphatic carbocycles. The molecule has 0 saturated heterocycles. The smallest absolute Gasteiger partial charge is 0.226 e. The molecular formula is C16H18N2O2S2. The molecule has 0 bridgehead atoms. The van der Waals surface area contributed by atoms with Crippen LogP contribution in [0.15, 0.2) is 40.1 Å². The number of nitrogens with zero attached hydrogens (tertiary/aromatic N) is 1. The van der Waals surface area contributed by atoms with Gasteiger partial charge in [-0.3, -0.25) is 9.59 Å². The van der Waals surface area contributed by atoms with Crippen LogP contribution in [0.2, 0.25) is 0 Å². The summed E-state index contributed by atoms with van der Waals surface area (Å²) in [4.78, 5) is 28.0. The van der Waals surface area contributed by atoms with Crippen molar-refractivity contribution in [1.82, 2.24) is 10.3 Å². The van der Waals surface area contributed by atoms with Gasteiger partial charge in [-0.1, -0.05) is 49.0 Å². The third-order valence-electron chi connectivity index (χ3n) is 2.87. The molecule has 0 atom stereocenters. The van der Waals surface area contributed by atoms with Gasteiger partial charge in [0, 0.05) is 17.5 Å². The van der Waals surface area contributed by atoms with Crippen LogP contribution in [0.4, 0.5) is 0 Å².